The van der Waals surface area contributed by atoms with E-state index < -0.39 is 20.0 Å². The van der Waals surface area contributed by atoms with E-state index in [1.54, 1.807) is 15.7 Å². The van der Waals surface area contributed by atoms with Crippen molar-refractivity contribution >= 4 is 37.2 Å². The molecule has 3 aliphatic rings. The van der Waals surface area contributed by atoms with Gasteiger partial charge in [0.1, 0.15) is 0 Å². The molecule has 0 bridgehead atoms. The van der Waals surface area contributed by atoms with E-state index in [-0.39, 0.29) is 42.3 Å². The number of aliphatic hydroxyl groups excluding tert-OH is 1. The highest BCUT2D eigenvalue weighted by molar-refractivity contribution is 6.71. The summed E-state index contributed by atoms with van der Waals surface area (Å²) in [6.07, 6.45) is 4.39. The Bertz CT molecular complexity index is 1960. The van der Waals surface area contributed by atoms with Crippen LogP contribution >= 0.6 is 0 Å². The van der Waals surface area contributed by atoms with Gasteiger partial charge in [0, 0.05) is 49.2 Å². The van der Waals surface area contributed by atoms with Crippen molar-refractivity contribution < 1.29 is 24.2 Å². The van der Waals surface area contributed by atoms with E-state index in [0.29, 0.717) is 48.4 Å². The quantitative estimate of drug-likeness (QED) is 0.159. The van der Waals surface area contributed by atoms with Gasteiger partial charge in [-0.05, 0) is 48.8 Å². The molecule has 1 fully saturated rings. The zero-order chi connectivity index (χ0) is 35.9. The fourth-order valence-electron chi connectivity index (χ4n) is 8.27. The summed E-state index contributed by atoms with van der Waals surface area (Å²) < 4.78 is 8.75. The highest BCUT2D eigenvalue weighted by atomic mass is 28.4. The summed E-state index contributed by atoms with van der Waals surface area (Å²) in [6.45, 7) is 10.3. The van der Waals surface area contributed by atoms with E-state index in [0.717, 1.165) is 16.8 Å². The van der Waals surface area contributed by atoms with Gasteiger partial charge in [-0.15, -0.1) is 11.7 Å². The van der Waals surface area contributed by atoms with Gasteiger partial charge in [0.2, 0.25) is 5.91 Å². The lowest BCUT2D eigenvalue weighted by molar-refractivity contribution is -0.145. The third-order valence-electron chi connectivity index (χ3n) is 10.6. The molecule has 2 N–H and O–H groups in total. The second-order valence-electron chi connectivity index (χ2n) is 14.2. The Hall–Kier alpha value is -4.75. The monoisotopic (exact) mass is 704 g/mol. The SMILES string of the molecule is C=CCN1C(=O)[C@@]2(O[C@@H](CCn3cc(C(CO)c4ccccc4)nn3)[C@H]([Si](C)(C)O)[C@H]2C)c2cc(N3N=C(c4ccccc4)CCC3=O)ccc21. The number of nitrogens with zero attached hydrogens (tertiary/aromatic N) is 6. The summed E-state index contributed by atoms with van der Waals surface area (Å²) in [5, 5.41) is 25.1. The number of aryl methyl sites for hydroxylation is 1. The Morgan fingerprint density at radius 3 is 2.47 bits per heavy atom. The number of fused-ring (bicyclic) bond motifs is 2. The van der Waals surface area contributed by atoms with Crippen molar-refractivity contribution in [2.75, 3.05) is 23.1 Å². The van der Waals surface area contributed by atoms with Crippen molar-refractivity contribution in [1.82, 2.24) is 15.0 Å². The maximum atomic E-state index is 14.6. The number of anilines is 2. The molecule has 3 aliphatic heterocycles. The molecule has 51 heavy (non-hydrogen) atoms. The summed E-state index contributed by atoms with van der Waals surface area (Å²) >= 11 is 0. The Morgan fingerprint density at radius 2 is 1.78 bits per heavy atom. The first-order valence-electron chi connectivity index (χ1n) is 17.6. The van der Waals surface area contributed by atoms with Crippen LogP contribution in [0.5, 0.6) is 0 Å². The Balaban J connectivity index is 1.22. The van der Waals surface area contributed by atoms with Gasteiger partial charge in [0.25, 0.3) is 5.91 Å². The summed E-state index contributed by atoms with van der Waals surface area (Å²) in [4.78, 5) is 41.4. The van der Waals surface area contributed by atoms with Crippen molar-refractivity contribution in [3.05, 3.63) is 120 Å². The third kappa shape index (κ3) is 6.16. The number of amides is 2. The lowest BCUT2D eigenvalue weighted by atomic mass is 9.82. The Labute approximate surface area is 299 Å². The Kier molecular flexibility index (Phi) is 9.36. The summed E-state index contributed by atoms with van der Waals surface area (Å²) in [6, 6.07) is 25.1. The number of hydrogen-bond acceptors (Lipinski definition) is 8. The number of carbonyl (C=O) groups is 2. The number of benzene rings is 3. The molecule has 0 aliphatic carbocycles. The van der Waals surface area contributed by atoms with Crippen LogP contribution in [0.1, 0.15) is 54.5 Å². The van der Waals surface area contributed by atoms with E-state index in [1.807, 2.05) is 105 Å². The standard InChI is InChI=1S/C39H44N6O5Si/c1-5-21-44-34-18-16-29(45-36(47)19-17-32(41-45)28-14-10-7-11-15-28)23-31(34)39(38(44)48)26(2)37(51(3,4)49)35(50-39)20-22-43-24-33(40-42-43)30(25-46)27-12-8-6-9-13-27/h5-16,18,23-24,26,30,35,37,46,49H,1,17,19-22,25H2,2-4H3/t26-,30?,35+,37-,39+/m1/s1. The molecular formula is C39H44N6O5Si. The summed E-state index contributed by atoms with van der Waals surface area (Å²) in [5.41, 5.74) is 3.62. The van der Waals surface area contributed by atoms with Crippen LogP contribution in [0, 0.1) is 5.92 Å². The van der Waals surface area contributed by atoms with Gasteiger partial charge in [-0.25, -0.2) is 5.01 Å². The maximum Gasteiger partial charge on any atom is 0.264 e. The fraction of sp³-hybridized carbons (Fsp3) is 0.359. The van der Waals surface area contributed by atoms with Crippen molar-refractivity contribution in [3.8, 4) is 0 Å². The molecule has 11 nitrogen and oxygen atoms in total. The van der Waals surface area contributed by atoms with Gasteiger partial charge < -0.3 is 19.5 Å². The van der Waals surface area contributed by atoms with E-state index in [4.69, 9.17) is 9.84 Å². The van der Waals surface area contributed by atoms with Gasteiger partial charge >= 0.3 is 0 Å². The van der Waals surface area contributed by atoms with E-state index in [1.165, 1.54) is 5.01 Å². The average Bonchev–Trinajstić information content (AvgIpc) is 3.79. The number of rotatable bonds is 11. The number of hydrazone groups is 1. The summed E-state index contributed by atoms with van der Waals surface area (Å²) in [7, 11) is -2.92. The molecular weight excluding hydrogens is 661 g/mol. The molecule has 1 spiro atoms. The highest BCUT2D eigenvalue weighted by Gasteiger charge is 2.66. The molecule has 0 saturated carbocycles. The van der Waals surface area contributed by atoms with Crippen LogP contribution in [0.3, 0.4) is 0 Å². The number of ether oxygens (including phenoxy) is 1. The third-order valence-corrected chi connectivity index (χ3v) is 13.1. The largest absolute Gasteiger partial charge is 0.432 e. The van der Waals surface area contributed by atoms with Gasteiger partial charge in [-0.1, -0.05) is 78.9 Å². The number of carbonyl (C=O) groups excluding carboxylic acids is 2. The van der Waals surface area contributed by atoms with E-state index in [2.05, 4.69) is 16.9 Å². The van der Waals surface area contributed by atoms with Crippen molar-refractivity contribution in [1.29, 1.82) is 0 Å². The zero-order valence-corrected chi connectivity index (χ0v) is 30.2. The summed E-state index contributed by atoms with van der Waals surface area (Å²) in [5.74, 6) is -1.02. The fourth-order valence-corrected chi connectivity index (χ4v) is 10.9. The van der Waals surface area contributed by atoms with Crippen LogP contribution in [-0.2, 0) is 26.5 Å². The molecule has 2 amide bonds. The molecule has 3 aromatic carbocycles. The van der Waals surface area contributed by atoms with Gasteiger partial charge in [0.05, 0.1) is 41.4 Å². The molecule has 12 heteroatoms. The van der Waals surface area contributed by atoms with Crippen molar-refractivity contribution in [2.24, 2.45) is 11.0 Å². The lowest BCUT2D eigenvalue weighted by Gasteiger charge is -2.32. The molecule has 1 saturated heterocycles. The minimum atomic E-state index is -2.92. The number of aromatic nitrogens is 3. The average molecular weight is 705 g/mol. The van der Waals surface area contributed by atoms with Gasteiger partial charge in [-0.3, -0.25) is 14.3 Å². The highest BCUT2D eigenvalue weighted by Crippen LogP contribution is 2.60. The van der Waals surface area contributed by atoms with Crippen molar-refractivity contribution in [2.45, 2.75) is 69.0 Å². The second kappa shape index (κ2) is 13.8. The number of hydrogen-bond donors (Lipinski definition) is 2. The van der Waals surface area contributed by atoms with Crippen LogP contribution in [0.25, 0.3) is 0 Å². The predicted molar refractivity (Wildman–Crippen MR) is 198 cm³/mol. The molecule has 4 heterocycles. The molecule has 264 valence electrons. The maximum absolute atomic E-state index is 14.6. The Morgan fingerprint density at radius 1 is 1.06 bits per heavy atom. The van der Waals surface area contributed by atoms with Gasteiger partial charge in [-0.2, -0.15) is 5.10 Å². The van der Waals surface area contributed by atoms with Crippen LogP contribution in [-0.4, -0.2) is 70.0 Å². The molecule has 0 radical (unpaired) electrons. The first-order chi connectivity index (χ1) is 24.6. The first-order valence-corrected chi connectivity index (χ1v) is 20.6. The van der Waals surface area contributed by atoms with Crippen LogP contribution in [0.15, 0.2) is 103 Å². The van der Waals surface area contributed by atoms with E-state index >= 15 is 0 Å². The minimum absolute atomic E-state index is 0.104. The van der Waals surface area contributed by atoms with E-state index in [9.17, 15) is 19.5 Å². The topological polar surface area (TPSA) is 133 Å². The smallest absolute Gasteiger partial charge is 0.264 e. The molecule has 5 atom stereocenters. The molecule has 4 aromatic rings. The lowest BCUT2D eigenvalue weighted by Crippen LogP contribution is -2.46. The minimum Gasteiger partial charge on any atom is -0.432 e. The molecule has 1 unspecified atom stereocenters. The zero-order valence-electron chi connectivity index (χ0n) is 29.2. The molecule has 1 aromatic heterocycles. The van der Waals surface area contributed by atoms with Crippen LogP contribution < -0.4 is 9.91 Å². The first kappa shape index (κ1) is 34.7. The van der Waals surface area contributed by atoms with Crippen LogP contribution in [0.4, 0.5) is 11.4 Å². The number of aliphatic hydroxyl groups is 1. The van der Waals surface area contributed by atoms with Crippen LogP contribution in [0.2, 0.25) is 18.6 Å². The van der Waals surface area contributed by atoms with Gasteiger partial charge in [0.15, 0.2) is 13.9 Å². The van der Waals surface area contributed by atoms with Crippen molar-refractivity contribution in [3.63, 3.8) is 0 Å². The molecule has 7 rings (SSSR count). The second-order valence-corrected chi connectivity index (χ2v) is 18.2. The normalized spacial score (nSPS) is 23.9. The predicted octanol–water partition coefficient (Wildman–Crippen LogP) is 5.35.